The summed E-state index contributed by atoms with van der Waals surface area (Å²) < 4.78 is 6.02. The van der Waals surface area contributed by atoms with Gasteiger partial charge in [0.05, 0.1) is 4.47 Å². The van der Waals surface area contributed by atoms with Crippen LogP contribution in [0.1, 0.15) is 19.4 Å². The van der Waals surface area contributed by atoms with E-state index in [0.717, 1.165) is 10.0 Å². The predicted molar refractivity (Wildman–Crippen MR) is 83.9 cm³/mol. The molecule has 0 unspecified atom stereocenters. The van der Waals surface area contributed by atoms with Crippen LogP contribution in [0, 0.1) is 6.92 Å². The molecule has 0 aliphatic carbocycles. The van der Waals surface area contributed by atoms with Gasteiger partial charge in [-0.3, -0.25) is 25.2 Å². The summed E-state index contributed by atoms with van der Waals surface area (Å²) >= 11 is 3.32. The van der Waals surface area contributed by atoms with E-state index in [0.29, 0.717) is 5.75 Å². The first-order valence-electron chi connectivity index (χ1n) is 6.58. The normalized spacial score (nSPS) is 10.0. The van der Waals surface area contributed by atoms with Crippen molar-refractivity contribution in [1.29, 1.82) is 0 Å². The summed E-state index contributed by atoms with van der Waals surface area (Å²) in [5.74, 6) is -1.85. The van der Waals surface area contributed by atoms with Crippen LogP contribution in [0.2, 0.25) is 0 Å². The van der Waals surface area contributed by atoms with Gasteiger partial charge in [-0.25, -0.2) is 0 Å². The number of carbonyl (C=O) groups excluding carboxylic acids is 3. The molecule has 22 heavy (non-hydrogen) atoms. The van der Waals surface area contributed by atoms with Crippen LogP contribution in [0.25, 0.3) is 0 Å². The summed E-state index contributed by atoms with van der Waals surface area (Å²) in [6.45, 7) is 5.07. The molecule has 0 aliphatic rings. The molecule has 0 bridgehead atoms. The zero-order valence-electron chi connectivity index (χ0n) is 12.5. The second-order valence-corrected chi connectivity index (χ2v) is 5.71. The van der Waals surface area contributed by atoms with Crippen molar-refractivity contribution in [2.75, 3.05) is 6.61 Å². The van der Waals surface area contributed by atoms with E-state index in [1.54, 1.807) is 19.9 Å². The molecule has 8 heteroatoms. The van der Waals surface area contributed by atoms with Crippen molar-refractivity contribution in [2.24, 2.45) is 0 Å². The summed E-state index contributed by atoms with van der Waals surface area (Å²) in [5, 5.41) is 2.40. The Balaban J connectivity index is 2.37. The van der Waals surface area contributed by atoms with Crippen LogP contribution in [0.3, 0.4) is 0 Å². The first kappa shape index (κ1) is 18.0. The lowest BCUT2D eigenvalue weighted by Gasteiger charge is -2.11. The lowest BCUT2D eigenvalue weighted by Crippen LogP contribution is -2.50. The molecule has 0 fully saturated rings. The lowest BCUT2D eigenvalue weighted by atomic mass is 10.2. The van der Waals surface area contributed by atoms with Crippen molar-refractivity contribution >= 4 is 33.7 Å². The average Bonchev–Trinajstić information content (AvgIpc) is 2.43. The van der Waals surface area contributed by atoms with Crippen LogP contribution in [0.5, 0.6) is 5.75 Å². The maximum Gasteiger partial charge on any atom is 0.327 e. The van der Waals surface area contributed by atoms with Crippen molar-refractivity contribution in [2.45, 2.75) is 26.8 Å². The second-order valence-electron chi connectivity index (χ2n) is 4.85. The molecule has 1 aromatic rings. The Morgan fingerprint density at radius 3 is 2.45 bits per heavy atom. The number of ether oxygens (including phenoxy) is 1. The molecular weight excluding hydrogens is 354 g/mol. The van der Waals surface area contributed by atoms with E-state index in [-0.39, 0.29) is 12.6 Å². The highest BCUT2D eigenvalue weighted by atomic mass is 79.9. The van der Waals surface area contributed by atoms with E-state index in [9.17, 15) is 14.4 Å². The van der Waals surface area contributed by atoms with E-state index in [4.69, 9.17) is 4.74 Å². The summed E-state index contributed by atoms with van der Waals surface area (Å²) in [6, 6.07) is 5.25. The minimum absolute atomic E-state index is 0.170. The summed E-state index contributed by atoms with van der Waals surface area (Å²) in [4.78, 5) is 34.2. The number of hydrogen-bond donors (Lipinski definition) is 3. The van der Waals surface area contributed by atoms with Gasteiger partial charge in [-0.1, -0.05) is 6.07 Å². The molecule has 1 aromatic carbocycles. The zero-order chi connectivity index (χ0) is 16.7. The number of benzene rings is 1. The Kier molecular flexibility index (Phi) is 6.84. The standard InChI is InChI=1S/C14H18BrN3O4/c1-8(2)16-13(20)14(21)18-17-12(19)7-22-11-5-4-9(3)6-10(11)15/h4-6,8H,7H2,1-3H3,(H,16,20)(H,17,19)(H,18,21). The fourth-order valence-corrected chi connectivity index (χ4v) is 2.02. The van der Waals surface area contributed by atoms with Gasteiger partial charge >= 0.3 is 11.8 Å². The number of amides is 3. The van der Waals surface area contributed by atoms with Gasteiger partial charge < -0.3 is 10.1 Å². The molecule has 0 saturated carbocycles. The van der Waals surface area contributed by atoms with Gasteiger partial charge in [0.25, 0.3) is 5.91 Å². The van der Waals surface area contributed by atoms with Gasteiger partial charge in [0.15, 0.2) is 6.61 Å². The number of rotatable bonds is 4. The highest BCUT2D eigenvalue weighted by Gasteiger charge is 2.15. The van der Waals surface area contributed by atoms with Crippen LogP contribution in [-0.4, -0.2) is 30.4 Å². The van der Waals surface area contributed by atoms with E-state index in [1.807, 2.05) is 24.5 Å². The molecule has 120 valence electrons. The molecule has 3 N–H and O–H groups in total. The van der Waals surface area contributed by atoms with Crippen molar-refractivity contribution in [3.8, 4) is 5.75 Å². The molecule has 0 aromatic heterocycles. The fourth-order valence-electron chi connectivity index (χ4n) is 1.41. The van der Waals surface area contributed by atoms with Gasteiger partial charge in [0.1, 0.15) is 5.75 Å². The third-order valence-corrected chi connectivity index (χ3v) is 3.01. The summed E-state index contributed by atoms with van der Waals surface area (Å²) in [7, 11) is 0. The van der Waals surface area contributed by atoms with Crippen LogP contribution >= 0.6 is 15.9 Å². The first-order chi connectivity index (χ1) is 10.3. The zero-order valence-corrected chi connectivity index (χ0v) is 14.1. The maximum atomic E-state index is 11.5. The van der Waals surface area contributed by atoms with E-state index >= 15 is 0 Å². The van der Waals surface area contributed by atoms with Crippen molar-refractivity contribution in [3.63, 3.8) is 0 Å². The Bertz CT molecular complexity index is 575. The van der Waals surface area contributed by atoms with Gasteiger partial charge in [0.2, 0.25) is 0 Å². The Morgan fingerprint density at radius 1 is 1.18 bits per heavy atom. The molecule has 3 amide bonds. The molecule has 0 spiro atoms. The van der Waals surface area contributed by atoms with E-state index < -0.39 is 17.7 Å². The van der Waals surface area contributed by atoms with Crippen molar-refractivity contribution in [1.82, 2.24) is 16.2 Å². The summed E-state index contributed by atoms with van der Waals surface area (Å²) in [6.07, 6.45) is 0. The smallest absolute Gasteiger partial charge is 0.327 e. The quantitative estimate of drug-likeness (QED) is 0.538. The van der Waals surface area contributed by atoms with E-state index in [1.165, 1.54) is 0 Å². The Hall–Kier alpha value is -2.09. The minimum Gasteiger partial charge on any atom is -0.483 e. The SMILES string of the molecule is Cc1ccc(OCC(=O)NNC(=O)C(=O)NC(C)C)c(Br)c1. The lowest BCUT2D eigenvalue weighted by molar-refractivity contribution is -0.141. The molecule has 0 aliphatic heterocycles. The minimum atomic E-state index is -0.946. The monoisotopic (exact) mass is 371 g/mol. The van der Waals surface area contributed by atoms with Crippen LogP contribution < -0.4 is 20.9 Å². The Morgan fingerprint density at radius 2 is 1.86 bits per heavy atom. The van der Waals surface area contributed by atoms with Gasteiger partial charge in [-0.2, -0.15) is 0 Å². The number of aryl methyl sites for hydroxylation is 1. The van der Waals surface area contributed by atoms with Crippen LogP contribution in [0.4, 0.5) is 0 Å². The highest BCUT2D eigenvalue weighted by Crippen LogP contribution is 2.25. The number of carbonyl (C=O) groups is 3. The third kappa shape index (κ3) is 6.13. The number of hydrogen-bond acceptors (Lipinski definition) is 4. The molecule has 0 heterocycles. The molecular formula is C14H18BrN3O4. The summed E-state index contributed by atoms with van der Waals surface area (Å²) in [5.41, 5.74) is 5.15. The molecule has 7 nitrogen and oxygen atoms in total. The fraction of sp³-hybridized carbons (Fsp3) is 0.357. The molecule has 0 atom stereocenters. The molecule has 0 radical (unpaired) electrons. The number of nitrogens with one attached hydrogen (secondary N) is 3. The second kappa shape index (κ2) is 8.38. The molecule has 0 saturated heterocycles. The van der Waals surface area contributed by atoms with Crippen molar-refractivity contribution in [3.05, 3.63) is 28.2 Å². The van der Waals surface area contributed by atoms with Crippen LogP contribution in [0.15, 0.2) is 22.7 Å². The first-order valence-corrected chi connectivity index (χ1v) is 7.37. The van der Waals surface area contributed by atoms with Crippen LogP contribution in [-0.2, 0) is 14.4 Å². The van der Waals surface area contributed by atoms with Gasteiger partial charge in [-0.15, -0.1) is 0 Å². The van der Waals surface area contributed by atoms with Gasteiger partial charge in [-0.05, 0) is 54.4 Å². The predicted octanol–water partition coefficient (Wildman–Crippen LogP) is 0.808. The number of hydrazine groups is 1. The topological polar surface area (TPSA) is 96.5 Å². The number of halogens is 1. The highest BCUT2D eigenvalue weighted by molar-refractivity contribution is 9.10. The maximum absolute atomic E-state index is 11.5. The molecule has 1 rings (SSSR count). The van der Waals surface area contributed by atoms with Gasteiger partial charge in [0, 0.05) is 6.04 Å². The van der Waals surface area contributed by atoms with Crippen molar-refractivity contribution < 1.29 is 19.1 Å². The van der Waals surface area contributed by atoms with E-state index in [2.05, 4.69) is 26.7 Å². The average molecular weight is 372 g/mol. The largest absolute Gasteiger partial charge is 0.483 e. The Labute approximate surface area is 136 Å². The third-order valence-electron chi connectivity index (χ3n) is 2.39.